The van der Waals surface area contributed by atoms with Gasteiger partial charge in [-0.3, -0.25) is 0 Å². The highest BCUT2D eigenvalue weighted by atomic mass is 32.1. The number of benzene rings is 1. The molecule has 3 nitrogen and oxygen atoms in total. The smallest absolute Gasteiger partial charge is 0.123 e. The van der Waals surface area contributed by atoms with Crippen LogP contribution in [0.5, 0.6) is 0 Å². The monoisotopic (exact) mass is 299 g/mol. The standard InChI is InChI=1S/C17H21N3S/c1-3-10-20-16-7-5-4-6-15(16)19-17(20)12-18-11-14-9-8-13(2)21-14/h4-9,18H,3,10-12H2,1-2H3. The van der Waals surface area contributed by atoms with E-state index < -0.39 is 0 Å². The van der Waals surface area contributed by atoms with E-state index in [1.54, 1.807) is 0 Å². The SMILES string of the molecule is CCCn1c(CNCc2ccc(C)s2)nc2ccccc21. The van der Waals surface area contributed by atoms with Gasteiger partial charge in [0.15, 0.2) is 0 Å². The van der Waals surface area contributed by atoms with Crippen molar-refractivity contribution in [3.8, 4) is 0 Å². The van der Waals surface area contributed by atoms with Crippen LogP contribution < -0.4 is 5.32 Å². The fourth-order valence-electron chi connectivity index (χ4n) is 2.61. The highest BCUT2D eigenvalue weighted by molar-refractivity contribution is 7.11. The molecule has 0 bridgehead atoms. The first-order valence-electron chi connectivity index (χ1n) is 7.48. The van der Waals surface area contributed by atoms with Crippen LogP contribution in [0.1, 0.15) is 28.9 Å². The van der Waals surface area contributed by atoms with Gasteiger partial charge in [-0.15, -0.1) is 11.3 Å². The summed E-state index contributed by atoms with van der Waals surface area (Å²) in [6.07, 6.45) is 1.12. The molecule has 2 aromatic heterocycles. The van der Waals surface area contributed by atoms with Gasteiger partial charge in [-0.2, -0.15) is 0 Å². The molecular formula is C17H21N3S. The number of nitrogens with zero attached hydrogens (tertiary/aromatic N) is 2. The van der Waals surface area contributed by atoms with Crippen molar-refractivity contribution in [3.05, 3.63) is 52.0 Å². The van der Waals surface area contributed by atoms with Crippen molar-refractivity contribution >= 4 is 22.4 Å². The van der Waals surface area contributed by atoms with E-state index in [-0.39, 0.29) is 0 Å². The average Bonchev–Trinajstić information content (AvgIpc) is 3.04. The van der Waals surface area contributed by atoms with E-state index in [2.05, 4.69) is 60.1 Å². The molecule has 0 saturated carbocycles. The fraction of sp³-hybridized carbons (Fsp3) is 0.353. The first-order valence-corrected chi connectivity index (χ1v) is 8.29. The van der Waals surface area contributed by atoms with Gasteiger partial charge in [-0.1, -0.05) is 19.1 Å². The lowest BCUT2D eigenvalue weighted by atomic mass is 10.3. The Morgan fingerprint density at radius 2 is 2.00 bits per heavy atom. The van der Waals surface area contributed by atoms with Crippen molar-refractivity contribution in [2.75, 3.05) is 0 Å². The molecule has 21 heavy (non-hydrogen) atoms. The summed E-state index contributed by atoms with van der Waals surface area (Å²) in [4.78, 5) is 7.52. The highest BCUT2D eigenvalue weighted by Crippen LogP contribution is 2.17. The van der Waals surface area contributed by atoms with E-state index in [0.29, 0.717) is 0 Å². The van der Waals surface area contributed by atoms with Crippen molar-refractivity contribution in [3.63, 3.8) is 0 Å². The van der Waals surface area contributed by atoms with Crippen LogP contribution >= 0.6 is 11.3 Å². The zero-order valence-corrected chi connectivity index (χ0v) is 13.4. The minimum Gasteiger partial charge on any atom is -0.327 e. The number of para-hydroxylation sites is 2. The number of aryl methyl sites for hydroxylation is 2. The lowest BCUT2D eigenvalue weighted by molar-refractivity contribution is 0.600. The van der Waals surface area contributed by atoms with Gasteiger partial charge in [0, 0.05) is 22.8 Å². The molecule has 2 heterocycles. The topological polar surface area (TPSA) is 29.9 Å². The summed E-state index contributed by atoms with van der Waals surface area (Å²) in [6, 6.07) is 12.8. The predicted octanol–water partition coefficient (Wildman–Crippen LogP) is 4.11. The van der Waals surface area contributed by atoms with Crippen LogP contribution in [0.2, 0.25) is 0 Å². The first kappa shape index (κ1) is 14.3. The van der Waals surface area contributed by atoms with Crippen molar-refractivity contribution in [1.82, 2.24) is 14.9 Å². The van der Waals surface area contributed by atoms with Gasteiger partial charge in [-0.25, -0.2) is 4.98 Å². The molecule has 0 atom stereocenters. The van der Waals surface area contributed by atoms with Gasteiger partial charge in [0.1, 0.15) is 5.82 Å². The minimum atomic E-state index is 0.811. The van der Waals surface area contributed by atoms with Crippen LogP contribution in [0.4, 0.5) is 0 Å². The van der Waals surface area contributed by atoms with E-state index in [9.17, 15) is 0 Å². The largest absolute Gasteiger partial charge is 0.327 e. The van der Waals surface area contributed by atoms with E-state index in [0.717, 1.165) is 37.4 Å². The molecule has 0 aliphatic rings. The Kier molecular flexibility index (Phi) is 4.36. The molecule has 1 aromatic carbocycles. The number of imidazole rings is 1. The number of hydrogen-bond acceptors (Lipinski definition) is 3. The summed E-state index contributed by atoms with van der Waals surface area (Å²) in [5.74, 6) is 1.13. The van der Waals surface area contributed by atoms with Crippen molar-refractivity contribution < 1.29 is 0 Å². The molecule has 0 unspecified atom stereocenters. The molecule has 0 aliphatic carbocycles. The van der Waals surface area contributed by atoms with Gasteiger partial charge in [0.25, 0.3) is 0 Å². The van der Waals surface area contributed by atoms with Crippen molar-refractivity contribution in [1.29, 1.82) is 0 Å². The van der Waals surface area contributed by atoms with Crippen molar-refractivity contribution in [2.24, 2.45) is 0 Å². The molecule has 0 amide bonds. The van der Waals surface area contributed by atoms with Crippen LogP contribution in [-0.2, 0) is 19.6 Å². The maximum Gasteiger partial charge on any atom is 0.123 e. The second-order valence-corrected chi connectivity index (χ2v) is 6.66. The zero-order valence-electron chi connectivity index (χ0n) is 12.6. The van der Waals surface area contributed by atoms with E-state index in [1.165, 1.54) is 15.3 Å². The maximum absolute atomic E-state index is 4.77. The second kappa shape index (κ2) is 6.41. The van der Waals surface area contributed by atoms with Crippen LogP contribution in [0.3, 0.4) is 0 Å². The average molecular weight is 299 g/mol. The Balaban J connectivity index is 1.74. The van der Waals surface area contributed by atoms with Crippen LogP contribution in [0.15, 0.2) is 36.4 Å². The van der Waals surface area contributed by atoms with Crippen molar-refractivity contribution in [2.45, 2.75) is 39.9 Å². The molecule has 4 heteroatoms. The van der Waals surface area contributed by atoms with Gasteiger partial charge in [0.05, 0.1) is 17.6 Å². The van der Waals surface area contributed by atoms with E-state index in [1.807, 2.05) is 11.3 Å². The first-order chi connectivity index (χ1) is 10.3. The number of fused-ring (bicyclic) bond motifs is 1. The summed E-state index contributed by atoms with van der Waals surface area (Å²) < 4.78 is 2.34. The Bertz CT molecular complexity index is 727. The molecule has 0 aliphatic heterocycles. The summed E-state index contributed by atoms with van der Waals surface area (Å²) in [6.45, 7) is 7.10. The Labute approximate surface area is 129 Å². The van der Waals surface area contributed by atoms with Gasteiger partial charge < -0.3 is 9.88 Å². The van der Waals surface area contributed by atoms with Crippen LogP contribution in [-0.4, -0.2) is 9.55 Å². The Morgan fingerprint density at radius 1 is 1.14 bits per heavy atom. The molecule has 1 N–H and O–H groups in total. The molecular weight excluding hydrogens is 278 g/mol. The third-order valence-electron chi connectivity index (χ3n) is 3.56. The number of nitrogens with one attached hydrogen (secondary N) is 1. The van der Waals surface area contributed by atoms with Crippen LogP contribution in [0, 0.1) is 6.92 Å². The quantitative estimate of drug-likeness (QED) is 0.742. The Hall–Kier alpha value is -1.65. The fourth-order valence-corrected chi connectivity index (χ4v) is 3.47. The lowest BCUT2D eigenvalue weighted by Crippen LogP contribution is -2.16. The lowest BCUT2D eigenvalue weighted by Gasteiger charge is -2.08. The minimum absolute atomic E-state index is 0.811. The molecule has 3 aromatic rings. The molecule has 0 radical (unpaired) electrons. The molecule has 3 rings (SSSR count). The zero-order chi connectivity index (χ0) is 14.7. The van der Waals surface area contributed by atoms with Gasteiger partial charge in [-0.05, 0) is 37.6 Å². The van der Waals surface area contributed by atoms with E-state index in [4.69, 9.17) is 4.98 Å². The third kappa shape index (κ3) is 3.17. The second-order valence-electron chi connectivity index (χ2n) is 5.28. The summed E-state index contributed by atoms with van der Waals surface area (Å²) >= 11 is 1.85. The number of hydrogen-bond donors (Lipinski definition) is 1. The van der Waals surface area contributed by atoms with Crippen LogP contribution in [0.25, 0.3) is 11.0 Å². The summed E-state index contributed by atoms with van der Waals surface area (Å²) in [7, 11) is 0. The molecule has 0 saturated heterocycles. The Morgan fingerprint density at radius 3 is 2.76 bits per heavy atom. The van der Waals surface area contributed by atoms with Gasteiger partial charge in [0.2, 0.25) is 0 Å². The molecule has 110 valence electrons. The molecule has 0 fully saturated rings. The normalized spacial score (nSPS) is 11.3. The van der Waals surface area contributed by atoms with E-state index >= 15 is 0 Å². The number of thiophene rings is 1. The number of aromatic nitrogens is 2. The third-order valence-corrected chi connectivity index (χ3v) is 4.56. The van der Waals surface area contributed by atoms with Gasteiger partial charge >= 0.3 is 0 Å². The summed E-state index contributed by atoms with van der Waals surface area (Å²) in [5, 5.41) is 3.52. The summed E-state index contributed by atoms with van der Waals surface area (Å²) in [5.41, 5.74) is 2.33. The number of rotatable bonds is 6. The highest BCUT2D eigenvalue weighted by Gasteiger charge is 2.09. The molecule has 0 spiro atoms. The maximum atomic E-state index is 4.77. The predicted molar refractivity (Wildman–Crippen MR) is 89.6 cm³/mol.